The third-order valence-corrected chi connectivity index (χ3v) is 2.91. The number of piperazine rings is 1. The number of nitrogens with one attached hydrogen (secondary N) is 1. The second-order valence-electron chi connectivity index (χ2n) is 4.24. The van der Waals surface area contributed by atoms with Crippen molar-refractivity contribution in [2.24, 2.45) is 0 Å². The van der Waals surface area contributed by atoms with Crippen molar-refractivity contribution in [1.82, 2.24) is 5.32 Å². The van der Waals surface area contributed by atoms with E-state index in [0.717, 1.165) is 31.9 Å². The van der Waals surface area contributed by atoms with Gasteiger partial charge in [0.2, 0.25) is 0 Å². The molecule has 0 aromatic heterocycles. The van der Waals surface area contributed by atoms with E-state index in [-0.39, 0.29) is 5.82 Å². The van der Waals surface area contributed by atoms with E-state index in [1.807, 2.05) is 0 Å². The van der Waals surface area contributed by atoms with Gasteiger partial charge < -0.3 is 15.0 Å². The molecule has 1 aromatic rings. The van der Waals surface area contributed by atoms with E-state index in [2.05, 4.69) is 10.2 Å². The molecule has 0 bridgehead atoms. The summed E-state index contributed by atoms with van der Waals surface area (Å²) in [5.41, 5.74) is 0.760. The second kappa shape index (κ2) is 6.54. The van der Waals surface area contributed by atoms with Gasteiger partial charge in [-0.15, -0.1) is 0 Å². The molecule has 1 aliphatic rings. The van der Waals surface area contributed by atoms with Crippen molar-refractivity contribution in [1.29, 1.82) is 0 Å². The molecule has 0 atom stereocenters. The van der Waals surface area contributed by atoms with Gasteiger partial charge in [0.1, 0.15) is 11.6 Å². The summed E-state index contributed by atoms with van der Waals surface area (Å²) in [5, 5.41) is 3.25. The molecule has 0 unspecified atom stereocenters. The van der Waals surface area contributed by atoms with Gasteiger partial charge in [0.05, 0.1) is 19.0 Å². The van der Waals surface area contributed by atoms with E-state index < -0.39 is 6.67 Å². The summed E-state index contributed by atoms with van der Waals surface area (Å²) in [4.78, 5) is 2.09. The van der Waals surface area contributed by atoms with Gasteiger partial charge in [-0.1, -0.05) is 0 Å². The third-order valence-electron chi connectivity index (χ3n) is 2.91. The Balaban J connectivity index is 2.11. The first-order valence-electron chi connectivity index (χ1n) is 6.25. The van der Waals surface area contributed by atoms with Gasteiger partial charge in [0.15, 0.2) is 0 Å². The van der Waals surface area contributed by atoms with Gasteiger partial charge in [-0.05, 0) is 12.1 Å². The van der Waals surface area contributed by atoms with Crippen molar-refractivity contribution in [3.8, 4) is 5.75 Å². The van der Waals surface area contributed by atoms with Gasteiger partial charge >= 0.3 is 0 Å². The van der Waals surface area contributed by atoms with Crippen molar-refractivity contribution in [3.63, 3.8) is 0 Å². The monoisotopic (exact) mass is 256 g/mol. The van der Waals surface area contributed by atoms with Crippen molar-refractivity contribution in [2.75, 3.05) is 44.4 Å². The largest absolute Gasteiger partial charge is 0.491 e. The highest BCUT2D eigenvalue weighted by Crippen LogP contribution is 2.29. The van der Waals surface area contributed by atoms with Crippen LogP contribution < -0.4 is 15.0 Å². The molecule has 1 fully saturated rings. The molecular formula is C13H18F2N2O. The zero-order chi connectivity index (χ0) is 12.8. The molecule has 1 N–H and O–H groups in total. The summed E-state index contributed by atoms with van der Waals surface area (Å²) in [6, 6.07) is 4.47. The Morgan fingerprint density at radius 2 is 2.06 bits per heavy atom. The van der Waals surface area contributed by atoms with E-state index in [1.165, 1.54) is 12.1 Å². The number of rotatable bonds is 5. The molecule has 100 valence electrons. The highest BCUT2D eigenvalue weighted by molar-refractivity contribution is 5.59. The van der Waals surface area contributed by atoms with Gasteiger partial charge in [0, 0.05) is 38.7 Å². The number of nitrogens with zero attached hydrogens (tertiary/aromatic N) is 1. The SMILES string of the molecule is FCCCOc1ccc(F)cc1N1CCNCC1. The van der Waals surface area contributed by atoms with E-state index in [1.54, 1.807) is 6.07 Å². The molecule has 2 rings (SSSR count). The van der Waals surface area contributed by atoms with Crippen molar-refractivity contribution >= 4 is 5.69 Å². The number of halogens is 2. The molecule has 3 nitrogen and oxygen atoms in total. The predicted molar refractivity (Wildman–Crippen MR) is 67.6 cm³/mol. The zero-order valence-corrected chi connectivity index (χ0v) is 10.3. The van der Waals surface area contributed by atoms with Crippen LogP contribution in [0.1, 0.15) is 6.42 Å². The summed E-state index contributed by atoms with van der Waals surface area (Å²) in [6.45, 7) is 3.32. The molecule has 0 radical (unpaired) electrons. The molecule has 1 heterocycles. The van der Waals surface area contributed by atoms with Crippen LogP contribution in [0.4, 0.5) is 14.5 Å². The van der Waals surface area contributed by atoms with Crippen LogP contribution in [0, 0.1) is 5.82 Å². The lowest BCUT2D eigenvalue weighted by Gasteiger charge is -2.30. The minimum Gasteiger partial charge on any atom is -0.491 e. The molecule has 0 saturated carbocycles. The van der Waals surface area contributed by atoms with E-state index in [0.29, 0.717) is 18.8 Å². The van der Waals surface area contributed by atoms with E-state index in [9.17, 15) is 8.78 Å². The zero-order valence-electron chi connectivity index (χ0n) is 10.3. The minimum absolute atomic E-state index is 0.277. The van der Waals surface area contributed by atoms with Crippen molar-refractivity contribution in [2.45, 2.75) is 6.42 Å². The Labute approximate surface area is 106 Å². The van der Waals surface area contributed by atoms with Crippen molar-refractivity contribution < 1.29 is 13.5 Å². The van der Waals surface area contributed by atoms with Crippen LogP contribution in [0.5, 0.6) is 5.75 Å². The Bertz CT molecular complexity index is 381. The molecule has 0 amide bonds. The normalized spacial score (nSPS) is 15.8. The smallest absolute Gasteiger partial charge is 0.142 e. The Morgan fingerprint density at radius 1 is 1.28 bits per heavy atom. The lowest BCUT2D eigenvalue weighted by Crippen LogP contribution is -2.43. The molecular weight excluding hydrogens is 238 g/mol. The summed E-state index contributed by atoms with van der Waals surface area (Å²) in [6.07, 6.45) is 0.359. The maximum Gasteiger partial charge on any atom is 0.142 e. The van der Waals surface area contributed by atoms with Crippen LogP contribution in [-0.4, -0.2) is 39.5 Å². The maximum atomic E-state index is 13.3. The molecule has 1 saturated heterocycles. The van der Waals surface area contributed by atoms with Crippen LogP contribution in [0.25, 0.3) is 0 Å². The molecule has 1 aliphatic heterocycles. The van der Waals surface area contributed by atoms with Gasteiger partial charge in [-0.25, -0.2) is 4.39 Å². The molecule has 0 aliphatic carbocycles. The fourth-order valence-electron chi connectivity index (χ4n) is 2.00. The maximum absolute atomic E-state index is 13.3. The standard InChI is InChI=1S/C13H18F2N2O/c14-4-1-9-18-13-3-2-11(15)10-12(13)17-7-5-16-6-8-17/h2-3,10,16H,1,4-9H2. The molecule has 5 heteroatoms. The fourth-order valence-corrected chi connectivity index (χ4v) is 2.00. The second-order valence-corrected chi connectivity index (χ2v) is 4.24. The topological polar surface area (TPSA) is 24.5 Å². The Morgan fingerprint density at radius 3 is 2.78 bits per heavy atom. The number of hydrogen-bond donors (Lipinski definition) is 1. The number of ether oxygens (including phenoxy) is 1. The quantitative estimate of drug-likeness (QED) is 0.815. The van der Waals surface area contributed by atoms with Crippen LogP contribution in [-0.2, 0) is 0 Å². The van der Waals surface area contributed by atoms with E-state index in [4.69, 9.17) is 4.74 Å². The van der Waals surface area contributed by atoms with Gasteiger partial charge in [-0.2, -0.15) is 0 Å². The number of benzene rings is 1. The number of alkyl halides is 1. The summed E-state index contributed by atoms with van der Waals surface area (Å²) in [5.74, 6) is 0.355. The first-order valence-corrected chi connectivity index (χ1v) is 6.25. The van der Waals surface area contributed by atoms with E-state index >= 15 is 0 Å². The number of anilines is 1. The van der Waals surface area contributed by atoms with Crippen LogP contribution >= 0.6 is 0 Å². The molecule has 1 aromatic carbocycles. The lowest BCUT2D eigenvalue weighted by molar-refractivity contribution is 0.289. The lowest BCUT2D eigenvalue weighted by atomic mass is 10.2. The van der Waals surface area contributed by atoms with Crippen LogP contribution in [0.15, 0.2) is 18.2 Å². The Hall–Kier alpha value is -1.36. The molecule has 18 heavy (non-hydrogen) atoms. The summed E-state index contributed by atoms with van der Waals surface area (Å²) >= 11 is 0. The first kappa shape index (κ1) is 13.1. The summed E-state index contributed by atoms with van der Waals surface area (Å²) in [7, 11) is 0. The fraction of sp³-hybridized carbons (Fsp3) is 0.538. The van der Waals surface area contributed by atoms with Crippen LogP contribution in [0.3, 0.4) is 0 Å². The first-order chi connectivity index (χ1) is 8.81. The minimum atomic E-state index is -0.399. The highest BCUT2D eigenvalue weighted by Gasteiger charge is 2.15. The van der Waals surface area contributed by atoms with Gasteiger partial charge in [-0.3, -0.25) is 4.39 Å². The average Bonchev–Trinajstić information content (AvgIpc) is 2.41. The van der Waals surface area contributed by atoms with Crippen molar-refractivity contribution in [3.05, 3.63) is 24.0 Å². The highest BCUT2D eigenvalue weighted by atomic mass is 19.1. The summed E-state index contributed by atoms with van der Waals surface area (Å²) < 4.78 is 30.9. The Kier molecular flexibility index (Phi) is 4.75. The number of hydrogen-bond acceptors (Lipinski definition) is 3. The van der Waals surface area contributed by atoms with Gasteiger partial charge in [0.25, 0.3) is 0 Å². The molecule has 0 spiro atoms. The average molecular weight is 256 g/mol. The predicted octanol–water partition coefficient (Wildman–Crippen LogP) is 1.97. The van der Waals surface area contributed by atoms with Crippen LogP contribution in [0.2, 0.25) is 0 Å². The third kappa shape index (κ3) is 3.32.